The first kappa shape index (κ1) is 20.1. The van der Waals surface area contributed by atoms with E-state index in [2.05, 4.69) is 11.0 Å². The van der Waals surface area contributed by atoms with Gasteiger partial charge in [0.05, 0.1) is 43.4 Å². The number of nitrogens with zero attached hydrogens (tertiary/aromatic N) is 3. The number of para-hydroxylation sites is 1. The maximum Gasteiger partial charge on any atom is 0.229 e. The third kappa shape index (κ3) is 3.72. The molecule has 1 amide bonds. The van der Waals surface area contributed by atoms with E-state index < -0.39 is 0 Å². The van der Waals surface area contributed by atoms with Gasteiger partial charge in [-0.2, -0.15) is 5.26 Å². The van der Waals surface area contributed by atoms with Crippen molar-refractivity contribution in [2.75, 3.05) is 26.8 Å². The molecule has 0 N–H and O–H groups in total. The molecule has 1 saturated carbocycles. The van der Waals surface area contributed by atoms with Gasteiger partial charge in [0.25, 0.3) is 0 Å². The summed E-state index contributed by atoms with van der Waals surface area (Å²) in [7, 11) is 3.19. The van der Waals surface area contributed by atoms with Crippen molar-refractivity contribution in [1.82, 2.24) is 9.80 Å². The average molecular weight is 414 g/mol. The van der Waals surface area contributed by atoms with E-state index in [9.17, 15) is 10.1 Å². The predicted octanol–water partition coefficient (Wildman–Crippen LogP) is 4.05. The second-order valence-corrected chi connectivity index (χ2v) is 8.72. The van der Waals surface area contributed by atoms with Crippen LogP contribution >= 0.6 is 11.8 Å². The Bertz CT molecular complexity index is 857. The Hall–Kier alpha value is -2.17. The summed E-state index contributed by atoms with van der Waals surface area (Å²) in [4.78, 5) is 17.4. The summed E-state index contributed by atoms with van der Waals surface area (Å²) in [5, 5.41) is 10.8. The highest BCUT2D eigenvalue weighted by atomic mass is 32.2. The fourth-order valence-electron chi connectivity index (χ4n) is 4.70. The van der Waals surface area contributed by atoms with Crippen molar-refractivity contribution >= 4 is 17.7 Å². The molecule has 0 radical (unpaired) electrons. The summed E-state index contributed by atoms with van der Waals surface area (Å²) in [6.07, 6.45) is 6.53. The number of nitriles is 1. The zero-order valence-electron chi connectivity index (χ0n) is 17.0. The first-order chi connectivity index (χ1) is 14.2. The van der Waals surface area contributed by atoms with Gasteiger partial charge < -0.3 is 9.47 Å². The van der Waals surface area contributed by atoms with Crippen molar-refractivity contribution in [3.8, 4) is 17.6 Å². The molecule has 154 valence electrons. The van der Waals surface area contributed by atoms with Crippen molar-refractivity contribution in [2.45, 2.75) is 50.5 Å². The number of benzene rings is 1. The molecule has 1 aromatic rings. The van der Waals surface area contributed by atoms with Gasteiger partial charge >= 0.3 is 0 Å². The Morgan fingerprint density at radius 1 is 1.17 bits per heavy atom. The third-order valence-corrected chi connectivity index (χ3v) is 7.39. The minimum Gasteiger partial charge on any atom is -0.493 e. The van der Waals surface area contributed by atoms with Crippen LogP contribution in [0.4, 0.5) is 0 Å². The summed E-state index contributed by atoms with van der Waals surface area (Å²) < 4.78 is 11.0. The number of carbonyl (C=O) groups is 1. The lowest BCUT2D eigenvalue weighted by Gasteiger charge is -2.44. The lowest BCUT2D eigenvalue weighted by atomic mass is 9.85. The summed E-state index contributed by atoms with van der Waals surface area (Å²) in [6, 6.07) is 8.59. The molecule has 1 aromatic carbocycles. The molecule has 2 aliphatic heterocycles. The highest BCUT2D eigenvalue weighted by molar-refractivity contribution is 8.03. The lowest BCUT2D eigenvalue weighted by molar-refractivity contribution is -0.132. The molecule has 3 aliphatic rings. The maximum absolute atomic E-state index is 13.1. The SMILES string of the molecule is COc1cccc([C@@H]2CC(=O)N3CN(C4CCCCC4)CSC3=C2C#N)c1OC. The van der Waals surface area contributed by atoms with Crippen molar-refractivity contribution < 1.29 is 14.3 Å². The third-order valence-electron chi connectivity index (χ3n) is 6.21. The van der Waals surface area contributed by atoms with Crippen LogP contribution in [0.25, 0.3) is 0 Å². The molecule has 1 atom stereocenters. The molecular weight excluding hydrogens is 386 g/mol. The van der Waals surface area contributed by atoms with Crippen LogP contribution in [0, 0.1) is 11.3 Å². The van der Waals surface area contributed by atoms with E-state index in [0.717, 1.165) is 16.5 Å². The van der Waals surface area contributed by atoms with Crippen LogP contribution in [-0.2, 0) is 4.79 Å². The predicted molar refractivity (Wildman–Crippen MR) is 112 cm³/mol. The van der Waals surface area contributed by atoms with Gasteiger partial charge in [-0.3, -0.25) is 14.6 Å². The summed E-state index contributed by atoms with van der Waals surface area (Å²) in [6.45, 7) is 0.596. The standard InChI is InChI=1S/C22H27N3O3S/c1-27-19-10-6-9-16(21(19)28-2)17-11-20(26)25-13-24(15-7-4-3-5-8-15)14-29-22(25)18(17)12-23/h6,9-10,15,17H,3-5,7-8,11,13-14H2,1-2H3/t17-/m0/s1. The summed E-state index contributed by atoms with van der Waals surface area (Å²) >= 11 is 1.62. The maximum atomic E-state index is 13.1. The molecule has 29 heavy (non-hydrogen) atoms. The molecule has 0 unspecified atom stereocenters. The molecule has 1 saturated heterocycles. The molecule has 2 heterocycles. The number of methoxy groups -OCH3 is 2. The monoisotopic (exact) mass is 413 g/mol. The smallest absolute Gasteiger partial charge is 0.229 e. The molecule has 7 heteroatoms. The molecule has 0 aromatic heterocycles. The van der Waals surface area contributed by atoms with Gasteiger partial charge in [0.15, 0.2) is 11.5 Å². The van der Waals surface area contributed by atoms with Crippen LogP contribution in [0.2, 0.25) is 0 Å². The fourth-order valence-corrected chi connectivity index (χ4v) is 5.94. The highest BCUT2D eigenvalue weighted by Crippen LogP contribution is 2.47. The van der Waals surface area contributed by atoms with E-state index in [1.165, 1.54) is 32.1 Å². The van der Waals surface area contributed by atoms with Gasteiger partial charge in [0, 0.05) is 23.9 Å². The Kier molecular flexibility index (Phi) is 6.02. The Morgan fingerprint density at radius 3 is 2.66 bits per heavy atom. The number of ether oxygens (including phenoxy) is 2. The minimum absolute atomic E-state index is 0.0712. The first-order valence-electron chi connectivity index (χ1n) is 10.2. The van der Waals surface area contributed by atoms with Crippen LogP contribution in [0.15, 0.2) is 28.8 Å². The number of rotatable bonds is 4. The average Bonchev–Trinajstić information content (AvgIpc) is 2.78. The van der Waals surface area contributed by atoms with E-state index in [1.807, 2.05) is 23.1 Å². The Labute approximate surface area is 176 Å². The Morgan fingerprint density at radius 2 is 1.97 bits per heavy atom. The second-order valence-electron chi connectivity index (χ2n) is 7.79. The molecule has 0 bridgehead atoms. The number of hydrogen-bond acceptors (Lipinski definition) is 6. The van der Waals surface area contributed by atoms with E-state index >= 15 is 0 Å². The van der Waals surface area contributed by atoms with Gasteiger partial charge in [-0.05, 0) is 18.9 Å². The lowest BCUT2D eigenvalue weighted by Crippen LogP contribution is -2.51. The quantitative estimate of drug-likeness (QED) is 0.742. The van der Waals surface area contributed by atoms with Crippen LogP contribution in [-0.4, -0.2) is 48.5 Å². The Balaban J connectivity index is 1.66. The number of amides is 1. The summed E-state index contributed by atoms with van der Waals surface area (Å²) in [5.41, 5.74) is 1.49. The van der Waals surface area contributed by atoms with Crippen molar-refractivity contribution in [2.24, 2.45) is 0 Å². The van der Waals surface area contributed by atoms with Crippen LogP contribution in [0.3, 0.4) is 0 Å². The normalized spacial score (nSPS) is 23.6. The van der Waals surface area contributed by atoms with E-state index in [4.69, 9.17) is 9.47 Å². The summed E-state index contributed by atoms with van der Waals surface area (Å²) in [5.74, 6) is 1.80. The van der Waals surface area contributed by atoms with E-state index in [-0.39, 0.29) is 18.2 Å². The molecular formula is C22H27N3O3S. The largest absolute Gasteiger partial charge is 0.493 e. The van der Waals surface area contributed by atoms with Gasteiger partial charge in [0.1, 0.15) is 0 Å². The van der Waals surface area contributed by atoms with Crippen LogP contribution in [0.5, 0.6) is 11.5 Å². The topological polar surface area (TPSA) is 65.8 Å². The second kappa shape index (κ2) is 8.68. The van der Waals surface area contributed by atoms with Crippen molar-refractivity contribution in [1.29, 1.82) is 5.26 Å². The number of hydrogen-bond donors (Lipinski definition) is 0. The zero-order valence-corrected chi connectivity index (χ0v) is 17.8. The van der Waals surface area contributed by atoms with Crippen LogP contribution < -0.4 is 9.47 Å². The zero-order chi connectivity index (χ0) is 20.4. The van der Waals surface area contributed by atoms with Gasteiger partial charge in [-0.15, -0.1) is 0 Å². The van der Waals surface area contributed by atoms with Crippen LogP contribution in [0.1, 0.15) is 50.0 Å². The van der Waals surface area contributed by atoms with Crippen molar-refractivity contribution in [3.05, 3.63) is 34.4 Å². The van der Waals surface area contributed by atoms with Gasteiger partial charge in [0.2, 0.25) is 5.91 Å². The number of thioether (sulfide) groups is 1. The van der Waals surface area contributed by atoms with Crippen molar-refractivity contribution in [3.63, 3.8) is 0 Å². The number of carbonyl (C=O) groups excluding carboxylic acids is 1. The van der Waals surface area contributed by atoms with E-state index in [0.29, 0.717) is 29.8 Å². The minimum atomic E-state index is -0.308. The molecule has 2 fully saturated rings. The molecule has 1 aliphatic carbocycles. The van der Waals surface area contributed by atoms with E-state index in [1.54, 1.807) is 26.0 Å². The fraction of sp³-hybridized carbons (Fsp3) is 0.545. The molecule has 0 spiro atoms. The van der Waals surface area contributed by atoms with Gasteiger partial charge in [-0.25, -0.2) is 0 Å². The molecule has 6 nitrogen and oxygen atoms in total. The molecule has 4 rings (SSSR count). The van der Waals surface area contributed by atoms with Gasteiger partial charge in [-0.1, -0.05) is 43.2 Å². The number of allylic oxidation sites excluding steroid dienone is 1. The first-order valence-corrected chi connectivity index (χ1v) is 11.2. The highest BCUT2D eigenvalue weighted by Gasteiger charge is 2.40. The number of fused-ring (bicyclic) bond motifs is 1.